The number of halogens is 2. The van der Waals surface area contributed by atoms with Crippen LogP contribution < -0.4 is 16.4 Å². The van der Waals surface area contributed by atoms with Crippen molar-refractivity contribution in [3.63, 3.8) is 0 Å². The zero-order valence-electron chi connectivity index (χ0n) is 39.4. The maximum Gasteiger partial charge on any atom is 0.407 e. The van der Waals surface area contributed by atoms with Gasteiger partial charge in [0.25, 0.3) is 0 Å². The Balaban J connectivity index is 1.64. The minimum absolute atomic E-state index is 0.000774. The van der Waals surface area contributed by atoms with E-state index in [9.17, 15) is 23.6 Å². The molecule has 0 saturated heterocycles. The molecule has 1 heterocycles. The van der Waals surface area contributed by atoms with Crippen LogP contribution in [0.2, 0.25) is 25.7 Å². The molecular formula is C47H71F2N5O10SSi. The van der Waals surface area contributed by atoms with Gasteiger partial charge >= 0.3 is 12.1 Å². The molecule has 3 aromatic rings. The summed E-state index contributed by atoms with van der Waals surface area (Å²) < 4.78 is 58.7. The number of nitrogens with one attached hydrogen (secondary N) is 2. The van der Waals surface area contributed by atoms with Gasteiger partial charge in [-0.25, -0.2) is 13.6 Å². The van der Waals surface area contributed by atoms with E-state index in [0.29, 0.717) is 64.8 Å². The van der Waals surface area contributed by atoms with Crippen molar-refractivity contribution in [3.05, 3.63) is 83.7 Å². The van der Waals surface area contributed by atoms with Crippen LogP contribution in [0.15, 0.2) is 60.8 Å². The van der Waals surface area contributed by atoms with Gasteiger partial charge in [0.1, 0.15) is 11.6 Å². The fourth-order valence-electron chi connectivity index (χ4n) is 6.68. The Hall–Kier alpha value is -4.37. The third-order valence-electron chi connectivity index (χ3n) is 10.0. The first-order valence-corrected chi connectivity index (χ1v) is 27.2. The molecule has 66 heavy (non-hydrogen) atoms. The number of alkyl carbamates (subject to hydrolysis) is 1. The van der Waals surface area contributed by atoms with Crippen LogP contribution in [0, 0.1) is 17.0 Å². The number of nitrogens with zero attached hydrogens (tertiary/aromatic N) is 2. The van der Waals surface area contributed by atoms with E-state index in [4.69, 9.17) is 34.5 Å². The third-order valence-corrected chi connectivity index (χ3v) is 12.8. The van der Waals surface area contributed by atoms with E-state index < -0.39 is 49.3 Å². The normalized spacial score (nSPS) is 12.7. The molecule has 3 rings (SSSR count). The van der Waals surface area contributed by atoms with Gasteiger partial charge in [-0.15, -0.1) is 11.8 Å². The average molecular weight is 964 g/mol. The molecule has 5 N–H and O–H groups in total. The number of aromatic nitrogens is 1. The van der Waals surface area contributed by atoms with Crippen molar-refractivity contribution in [2.75, 3.05) is 90.6 Å². The summed E-state index contributed by atoms with van der Waals surface area (Å²) in [6.07, 6.45) is 1.62. The number of thioether (sulfide) groups is 1. The second-order valence-corrected chi connectivity index (χ2v) is 24.6. The van der Waals surface area contributed by atoms with Gasteiger partial charge in [0.15, 0.2) is 0 Å². The first-order valence-electron chi connectivity index (χ1n) is 22.4. The lowest BCUT2D eigenvalue weighted by Crippen LogP contribution is -2.45. The lowest BCUT2D eigenvalue weighted by atomic mass is 9.83. The first kappa shape index (κ1) is 56.0. The zero-order chi connectivity index (χ0) is 48.5. The van der Waals surface area contributed by atoms with Crippen molar-refractivity contribution in [3.8, 4) is 11.1 Å². The maximum absolute atomic E-state index is 15.3. The van der Waals surface area contributed by atoms with Crippen molar-refractivity contribution < 1.29 is 56.7 Å². The highest BCUT2D eigenvalue weighted by Gasteiger charge is 2.37. The SMILES string of the molecule is CC(C)(C)[C@H](c1cc(-c2cc(F)ccc2F)cn1Cc1ccccc1)N(CCCNC(=O)OCC[Si](C)(C)C)C(=O)CSC[C@H](N)C(=O)NCCOCCOCCOCCOCCC(=O)O. The highest BCUT2D eigenvalue weighted by atomic mass is 32.2. The van der Waals surface area contributed by atoms with Gasteiger partial charge in [0.05, 0.1) is 83.7 Å². The first-order chi connectivity index (χ1) is 31.4. The van der Waals surface area contributed by atoms with Gasteiger partial charge in [0, 0.05) is 63.0 Å². The van der Waals surface area contributed by atoms with E-state index in [0.717, 1.165) is 29.4 Å². The minimum Gasteiger partial charge on any atom is -0.481 e. The van der Waals surface area contributed by atoms with Crippen molar-refractivity contribution >= 4 is 43.7 Å². The van der Waals surface area contributed by atoms with E-state index in [1.54, 1.807) is 11.1 Å². The predicted molar refractivity (Wildman–Crippen MR) is 255 cm³/mol. The highest BCUT2D eigenvalue weighted by Crippen LogP contribution is 2.41. The number of carbonyl (C=O) groups excluding carboxylic acids is 3. The summed E-state index contributed by atoms with van der Waals surface area (Å²) in [4.78, 5) is 52.1. The number of nitrogens with two attached hydrogens (primary N) is 1. The Morgan fingerprint density at radius 2 is 1.48 bits per heavy atom. The van der Waals surface area contributed by atoms with E-state index in [-0.39, 0.29) is 68.2 Å². The average Bonchev–Trinajstić information content (AvgIpc) is 3.65. The number of benzene rings is 2. The van der Waals surface area contributed by atoms with Gasteiger partial charge in [-0.2, -0.15) is 0 Å². The highest BCUT2D eigenvalue weighted by molar-refractivity contribution is 8.00. The summed E-state index contributed by atoms with van der Waals surface area (Å²) in [7, 11) is -1.40. The Bertz CT molecular complexity index is 1930. The van der Waals surface area contributed by atoms with E-state index in [1.165, 1.54) is 17.8 Å². The Morgan fingerprint density at radius 1 is 0.848 bits per heavy atom. The number of hydrogen-bond acceptors (Lipinski definition) is 11. The zero-order valence-corrected chi connectivity index (χ0v) is 41.2. The van der Waals surface area contributed by atoms with Crippen molar-refractivity contribution in [1.29, 1.82) is 0 Å². The third kappa shape index (κ3) is 22.0. The summed E-state index contributed by atoms with van der Waals surface area (Å²) in [5, 5.41) is 14.2. The molecule has 368 valence electrons. The van der Waals surface area contributed by atoms with E-state index in [1.807, 2.05) is 61.7 Å². The lowest BCUT2D eigenvalue weighted by molar-refractivity contribution is -0.138. The van der Waals surface area contributed by atoms with Crippen LogP contribution in [0.1, 0.15) is 50.9 Å². The quantitative estimate of drug-likeness (QED) is 0.0389. The van der Waals surface area contributed by atoms with Crippen LogP contribution in [0.4, 0.5) is 13.6 Å². The van der Waals surface area contributed by atoms with Gasteiger partial charge in [-0.1, -0.05) is 70.7 Å². The second-order valence-electron chi connectivity index (χ2n) is 18.0. The molecule has 0 saturated carbocycles. The molecule has 0 spiro atoms. The summed E-state index contributed by atoms with van der Waals surface area (Å²) >= 11 is 1.23. The van der Waals surface area contributed by atoms with Crippen LogP contribution in [0.5, 0.6) is 0 Å². The summed E-state index contributed by atoms with van der Waals surface area (Å²) in [6.45, 7) is 16.5. The summed E-state index contributed by atoms with van der Waals surface area (Å²) in [5.41, 5.74) is 7.93. The fraction of sp³-hybridized carbons (Fsp3) is 0.574. The molecule has 1 aromatic heterocycles. The minimum atomic E-state index is -1.40. The molecule has 0 aliphatic rings. The number of amides is 3. The molecule has 0 aliphatic carbocycles. The monoisotopic (exact) mass is 963 g/mol. The molecule has 3 amide bonds. The smallest absolute Gasteiger partial charge is 0.407 e. The Labute approximate surface area is 393 Å². The van der Waals surface area contributed by atoms with Crippen LogP contribution >= 0.6 is 11.8 Å². The van der Waals surface area contributed by atoms with Crippen LogP contribution in [-0.2, 0) is 44.6 Å². The van der Waals surface area contributed by atoms with Crippen LogP contribution in [-0.4, -0.2) is 143 Å². The molecule has 0 unspecified atom stereocenters. The second kappa shape index (κ2) is 29.4. The number of carboxylic acid groups (broad SMARTS) is 1. The van der Waals surface area contributed by atoms with Crippen molar-refractivity contribution in [2.24, 2.45) is 11.1 Å². The number of carbonyl (C=O) groups is 4. The Morgan fingerprint density at radius 3 is 2.11 bits per heavy atom. The molecular weight excluding hydrogens is 893 g/mol. The van der Waals surface area contributed by atoms with Gasteiger partial charge in [-0.05, 0) is 47.7 Å². The fourth-order valence-corrected chi connectivity index (χ4v) is 8.26. The van der Waals surface area contributed by atoms with E-state index in [2.05, 4.69) is 30.3 Å². The number of rotatable bonds is 32. The van der Waals surface area contributed by atoms with Crippen molar-refractivity contribution in [2.45, 2.75) is 77.9 Å². The van der Waals surface area contributed by atoms with Gasteiger partial charge in [0.2, 0.25) is 11.8 Å². The molecule has 2 aromatic carbocycles. The number of ether oxygens (including phenoxy) is 5. The molecule has 0 radical (unpaired) electrons. The molecule has 19 heteroatoms. The summed E-state index contributed by atoms with van der Waals surface area (Å²) in [6, 6.07) is 14.3. The molecule has 15 nitrogen and oxygen atoms in total. The van der Waals surface area contributed by atoms with Crippen LogP contribution in [0.25, 0.3) is 11.1 Å². The molecule has 2 atom stereocenters. The molecule has 0 bridgehead atoms. The standard InChI is InChI=1S/C47H71F2N5O10SSi/c1-47(2,3)44(41-29-36(38-30-37(48)13-14-39(38)49)32-53(41)31-35-11-8-7-9-12-35)54(18-10-16-52-46(59)64-27-28-66(4,5)6)42(55)34-65-33-40(50)45(58)51-17-20-61-22-24-63-26-25-62-23-21-60-19-15-43(56)57/h7-9,11-14,29-30,32,40,44H,10,15-28,31,33-34,50H2,1-6H3,(H,51,58)(H,52,59)(H,56,57)/t40-,44-/m0/s1. The number of aliphatic carboxylic acids is 1. The summed E-state index contributed by atoms with van der Waals surface area (Å²) in [5.74, 6) is -2.51. The number of hydrogen-bond donors (Lipinski definition) is 4. The lowest BCUT2D eigenvalue weighted by Gasteiger charge is -2.41. The number of carboxylic acids is 1. The molecule has 0 aliphatic heterocycles. The van der Waals surface area contributed by atoms with Gasteiger partial charge in [-0.3, -0.25) is 14.4 Å². The molecule has 0 fully saturated rings. The van der Waals surface area contributed by atoms with Crippen molar-refractivity contribution in [1.82, 2.24) is 20.1 Å². The van der Waals surface area contributed by atoms with Gasteiger partial charge < -0.3 is 54.6 Å². The maximum atomic E-state index is 15.3. The van der Waals surface area contributed by atoms with Crippen LogP contribution in [0.3, 0.4) is 0 Å². The Kier molecular flexibility index (Phi) is 24.9. The largest absolute Gasteiger partial charge is 0.481 e. The predicted octanol–water partition coefficient (Wildman–Crippen LogP) is 6.57. The topological polar surface area (TPSA) is 193 Å². The van der Waals surface area contributed by atoms with E-state index >= 15 is 4.39 Å².